The van der Waals surface area contributed by atoms with E-state index in [1.165, 1.54) is 103 Å². The van der Waals surface area contributed by atoms with E-state index in [1.807, 2.05) is 6.92 Å². The average Bonchev–Trinajstić information content (AvgIpc) is 2.66. The van der Waals surface area contributed by atoms with Crippen molar-refractivity contribution >= 4 is 7.60 Å². The molecule has 0 aromatic rings. The molecule has 29 heavy (non-hydrogen) atoms. The molecule has 0 aliphatic heterocycles. The van der Waals surface area contributed by atoms with Gasteiger partial charge in [-0.2, -0.15) is 0 Å². The predicted octanol–water partition coefficient (Wildman–Crippen LogP) is 9.42. The summed E-state index contributed by atoms with van der Waals surface area (Å²) in [5, 5.41) is 0. The first-order valence-corrected chi connectivity index (χ1v) is 14.8. The third-order valence-corrected chi connectivity index (χ3v) is 7.40. The van der Waals surface area contributed by atoms with Crippen LogP contribution in [-0.2, 0) is 9.09 Å². The van der Waals surface area contributed by atoms with Gasteiger partial charge in [0.2, 0.25) is 0 Å². The van der Waals surface area contributed by atoms with Gasteiger partial charge in [-0.25, -0.2) is 0 Å². The van der Waals surface area contributed by atoms with E-state index in [0.29, 0.717) is 6.16 Å². The summed E-state index contributed by atoms with van der Waals surface area (Å²) in [5.41, 5.74) is 0. The Morgan fingerprint density at radius 2 is 0.966 bits per heavy atom. The summed E-state index contributed by atoms with van der Waals surface area (Å²) in [7, 11) is -3.37. The van der Waals surface area contributed by atoms with Gasteiger partial charge in [-0.15, -0.1) is 0 Å². The maximum atomic E-state index is 12.0. The molecule has 0 aliphatic carbocycles. The fraction of sp³-hybridized carbons (Fsp3) is 1.00. The topological polar surface area (TPSA) is 46.5 Å². The Morgan fingerprint density at radius 1 is 0.621 bits per heavy atom. The van der Waals surface area contributed by atoms with Gasteiger partial charge < -0.3 is 9.42 Å². The molecule has 0 aliphatic rings. The maximum absolute atomic E-state index is 12.0. The van der Waals surface area contributed by atoms with Crippen LogP contribution in [0, 0.1) is 0 Å². The molecular weight excluding hydrogens is 379 g/mol. The largest absolute Gasteiger partial charge is 0.328 e. The number of hydrogen-bond acceptors (Lipinski definition) is 2. The molecule has 0 radical (unpaired) electrons. The normalized spacial score (nSPS) is 14.8. The molecule has 3 nitrogen and oxygen atoms in total. The fourth-order valence-electron chi connectivity index (χ4n) is 4.01. The van der Waals surface area contributed by atoms with Crippen LogP contribution >= 0.6 is 7.60 Å². The highest BCUT2D eigenvalue weighted by molar-refractivity contribution is 7.52. The molecule has 0 amide bonds. The van der Waals surface area contributed by atoms with Gasteiger partial charge in [0.15, 0.2) is 0 Å². The van der Waals surface area contributed by atoms with Gasteiger partial charge in [0.1, 0.15) is 0 Å². The summed E-state index contributed by atoms with van der Waals surface area (Å²) >= 11 is 0. The van der Waals surface area contributed by atoms with Crippen LogP contribution in [0.5, 0.6) is 0 Å². The van der Waals surface area contributed by atoms with Gasteiger partial charge in [0, 0.05) is 6.16 Å². The van der Waals surface area contributed by atoms with Crippen molar-refractivity contribution in [3.05, 3.63) is 0 Å². The van der Waals surface area contributed by atoms with Crippen molar-refractivity contribution in [2.45, 2.75) is 155 Å². The average molecular weight is 433 g/mol. The quantitative estimate of drug-likeness (QED) is 0.129. The lowest BCUT2D eigenvalue weighted by atomic mass is 10.0. The van der Waals surface area contributed by atoms with Crippen LogP contribution in [-0.4, -0.2) is 17.2 Å². The zero-order valence-electron chi connectivity index (χ0n) is 20.1. The van der Waals surface area contributed by atoms with Crippen LogP contribution < -0.4 is 0 Å². The van der Waals surface area contributed by atoms with E-state index in [1.54, 1.807) is 0 Å². The Labute approximate surface area is 183 Å². The Balaban J connectivity index is 3.25. The molecule has 0 rings (SSSR count). The second kappa shape index (κ2) is 21.4. The molecule has 0 saturated carbocycles. The lowest BCUT2D eigenvalue weighted by Gasteiger charge is -2.17. The molecule has 2 unspecified atom stereocenters. The summed E-state index contributed by atoms with van der Waals surface area (Å²) in [6.45, 7) is 6.24. The van der Waals surface area contributed by atoms with E-state index >= 15 is 0 Å². The monoisotopic (exact) mass is 432 g/mol. The highest BCUT2D eigenvalue weighted by Gasteiger charge is 2.21. The third kappa shape index (κ3) is 22.7. The SMILES string of the molecule is CCCCCCCCCCCCCCCCCCCCP(=O)(O)OC(C)CCC. The smallest absolute Gasteiger partial charge is 0.324 e. The van der Waals surface area contributed by atoms with Crippen LogP contribution in [0.4, 0.5) is 0 Å². The van der Waals surface area contributed by atoms with E-state index in [2.05, 4.69) is 13.8 Å². The highest BCUT2D eigenvalue weighted by atomic mass is 31.2. The molecule has 0 aromatic heterocycles. The molecule has 0 aromatic carbocycles. The van der Waals surface area contributed by atoms with E-state index in [-0.39, 0.29) is 6.10 Å². The second-order valence-corrected chi connectivity index (χ2v) is 11.0. The van der Waals surface area contributed by atoms with Crippen molar-refractivity contribution in [1.82, 2.24) is 0 Å². The van der Waals surface area contributed by atoms with E-state index in [0.717, 1.165) is 25.7 Å². The van der Waals surface area contributed by atoms with Gasteiger partial charge in [0.25, 0.3) is 0 Å². The minimum absolute atomic E-state index is 0.105. The molecule has 4 heteroatoms. The van der Waals surface area contributed by atoms with Crippen LogP contribution in [0.25, 0.3) is 0 Å². The van der Waals surface area contributed by atoms with Crippen molar-refractivity contribution < 1.29 is 14.0 Å². The van der Waals surface area contributed by atoms with Crippen molar-refractivity contribution in [2.75, 3.05) is 6.16 Å². The molecule has 0 fully saturated rings. The standard InChI is InChI=1S/C25H53O3P/c1-4-6-7-8-9-10-11-12-13-14-15-16-17-18-19-20-21-22-24-29(26,27)28-25(3)23-5-2/h25H,4-24H2,1-3H3,(H,26,27). The van der Waals surface area contributed by atoms with Crippen LogP contribution in [0.15, 0.2) is 0 Å². The zero-order chi connectivity index (χ0) is 21.6. The van der Waals surface area contributed by atoms with E-state index < -0.39 is 7.60 Å². The molecule has 0 spiro atoms. The van der Waals surface area contributed by atoms with Gasteiger partial charge in [-0.1, -0.05) is 129 Å². The third-order valence-electron chi connectivity index (χ3n) is 5.83. The van der Waals surface area contributed by atoms with Crippen LogP contribution in [0.2, 0.25) is 0 Å². The molecule has 0 heterocycles. The minimum Gasteiger partial charge on any atom is -0.324 e. The zero-order valence-corrected chi connectivity index (χ0v) is 21.0. The van der Waals surface area contributed by atoms with Gasteiger partial charge in [0.05, 0.1) is 6.10 Å². The summed E-state index contributed by atoms with van der Waals surface area (Å²) in [6.07, 6.45) is 26.1. The van der Waals surface area contributed by atoms with Gasteiger partial charge in [-0.05, 0) is 19.8 Å². The fourth-order valence-corrected chi connectivity index (χ4v) is 5.40. The second-order valence-electron chi connectivity index (χ2n) is 9.08. The Morgan fingerprint density at radius 3 is 1.31 bits per heavy atom. The first kappa shape index (κ1) is 29.1. The lowest BCUT2D eigenvalue weighted by Crippen LogP contribution is -2.07. The summed E-state index contributed by atoms with van der Waals surface area (Å²) in [5.74, 6) is 0. The number of unbranched alkanes of at least 4 members (excludes halogenated alkanes) is 17. The van der Waals surface area contributed by atoms with E-state index in [9.17, 15) is 9.46 Å². The van der Waals surface area contributed by atoms with E-state index in [4.69, 9.17) is 4.52 Å². The van der Waals surface area contributed by atoms with Crippen molar-refractivity contribution in [1.29, 1.82) is 0 Å². The summed E-state index contributed by atoms with van der Waals surface area (Å²) in [6, 6.07) is 0. The Kier molecular flexibility index (Phi) is 21.5. The maximum Gasteiger partial charge on any atom is 0.328 e. The first-order chi connectivity index (χ1) is 14.0. The van der Waals surface area contributed by atoms with Gasteiger partial charge >= 0.3 is 7.60 Å². The summed E-state index contributed by atoms with van der Waals surface area (Å²) in [4.78, 5) is 9.88. The molecule has 0 saturated heterocycles. The molecule has 1 N–H and O–H groups in total. The van der Waals surface area contributed by atoms with Crippen molar-refractivity contribution in [2.24, 2.45) is 0 Å². The van der Waals surface area contributed by atoms with Crippen LogP contribution in [0.1, 0.15) is 149 Å². The molecule has 2 atom stereocenters. The molecule has 176 valence electrons. The lowest BCUT2D eigenvalue weighted by molar-refractivity contribution is 0.179. The van der Waals surface area contributed by atoms with Gasteiger partial charge in [-0.3, -0.25) is 4.57 Å². The highest BCUT2D eigenvalue weighted by Crippen LogP contribution is 2.44. The van der Waals surface area contributed by atoms with Crippen molar-refractivity contribution in [3.8, 4) is 0 Å². The minimum atomic E-state index is -3.37. The first-order valence-electron chi connectivity index (χ1n) is 13.0. The Hall–Kier alpha value is 0.150. The van der Waals surface area contributed by atoms with Crippen LogP contribution in [0.3, 0.4) is 0 Å². The Bertz CT molecular complexity index is 373. The summed E-state index contributed by atoms with van der Waals surface area (Å²) < 4.78 is 17.3. The number of rotatable bonds is 23. The predicted molar refractivity (Wildman–Crippen MR) is 129 cm³/mol. The molecule has 0 bridgehead atoms. The van der Waals surface area contributed by atoms with Crippen molar-refractivity contribution in [3.63, 3.8) is 0 Å². The molecular formula is C25H53O3P. The number of hydrogen-bond donors (Lipinski definition) is 1.